The summed E-state index contributed by atoms with van der Waals surface area (Å²) in [5.74, 6) is 1.57. The van der Waals surface area contributed by atoms with E-state index in [1.165, 1.54) is 7.11 Å². The van der Waals surface area contributed by atoms with Crippen LogP contribution in [0.1, 0.15) is 16.2 Å². The maximum Gasteiger partial charge on any atom is 0.337 e. The lowest BCUT2D eigenvalue weighted by Crippen LogP contribution is -2.00. The Balaban J connectivity index is 1.85. The Labute approximate surface area is 143 Å². The van der Waals surface area contributed by atoms with Gasteiger partial charge in [0.25, 0.3) is 0 Å². The minimum Gasteiger partial charge on any atom is -0.465 e. The molecular weight excluding hydrogens is 318 g/mol. The normalized spacial score (nSPS) is 11.0. The largest absolute Gasteiger partial charge is 0.465 e. The van der Waals surface area contributed by atoms with Crippen molar-refractivity contribution in [2.45, 2.75) is 6.92 Å². The Morgan fingerprint density at radius 1 is 1.12 bits per heavy atom. The number of nitrogens with one attached hydrogen (secondary N) is 1. The van der Waals surface area contributed by atoms with Gasteiger partial charge in [-0.25, -0.2) is 9.78 Å². The van der Waals surface area contributed by atoms with E-state index < -0.39 is 0 Å². The molecule has 0 aliphatic heterocycles. The van der Waals surface area contributed by atoms with Crippen LogP contribution in [0, 0.1) is 6.92 Å². The highest BCUT2D eigenvalue weighted by atomic mass is 16.5. The van der Waals surface area contributed by atoms with Gasteiger partial charge in [0.15, 0.2) is 5.82 Å². The lowest BCUT2D eigenvalue weighted by Gasteiger charge is -2.06. The Hall–Kier alpha value is -3.48. The average Bonchev–Trinajstić information content (AvgIpc) is 3.24. The smallest absolute Gasteiger partial charge is 0.337 e. The van der Waals surface area contributed by atoms with Crippen LogP contribution in [0.2, 0.25) is 0 Å². The number of rotatable bonds is 3. The lowest BCUT2D eigenvalue weighted by atomic mass is 10.2. The minimum atomic E-state index is -0.388. The minimum absolute atomic E-state index is 0.388. The van der Waals surface area contributed by atoms with E-state index in [9.17, 15) is 4.79 Å². The first kappa shape index (κ1) is 15.1. The van der Waals surface area contributed by atoms with E-state index in [0.717, 1.165) is 22.5 Å². The number of imidazole rings is 1. The predicted octanol–water partition coefficient (Wildman–Crippen LogP) is 2.91. The number of methoxy groups -OCH3 is 1. The van der Waals surface area contributed by atoms with Crippen molar-refractivity contribution in [3.63, 3.8) is 0 Å². The van der Waals surface area contributed by atoms with Gasteiger partial charge in [0.1, 0.15) is 5.82 Å². The third kappa shape index (κ3) is 2.55. The molecule has 0 fully saturated rings. The second-order valence-corrected chi connectivity index (χ2v) is 5.55. The van der Waals surface area contributed by atoms with Gasteiger partial charge in [0, 0.05) is 5.69 Å². The van der Waals surface area contributed by atoms with Crippen LogP contribution >= 0.6 is 0 Å². The van der Waals surface area contributed by atoms with Crippen LogP contribution < -0.4 is 0 Å². The summed E-state index contributed by atoms with van der Waals surface area (Å²) in [7, 11) is 1.36. The lowest BCUT2D eigenvalue weighted by molar-refractivity contribution is 0.0601. The summed E-state index contributed by atoms with van der Waals surface area (Å²) in [6, 6.07) is 15.0. The number of hydrogen-bond donors (Lipinski definition) is 1. The number of aromatic amines is 1. The number of para-hydroxylation sites is 1. The molecule has 124 valence electrons. The highest BCUT2D eigenvalue weighted by molar-refractivity contribution is 5.94. The van der Waals surface area contributed by atoms with Gasteiger partial charge >= 0.3 is 5.97 Å². The number of carbonyl (C=O) groups is 1. The van der Waals surface area contributed by atoms with Crippen molar-refractivity contribution in [3.8, 4) is 17.3 Å². The van der Waals surface area contributed by atoms with Crippen molar-refractivity contribution in [1.82, 2.24) is 24.7 Å². The van der Waals surface area contributed by atoms with E-state index in [0.29, 0.717) is 17.2 Å². The first-order valence-electron chi connectivity index (χ1n) is 7.73. The second-order valence-electron chi connectivity index (χ2n) is 5.55. The van der Waals surface area contributed by atoms with Gasteiger partial charge in [-0.2, -0.15) is 0 Å². The van der Waals surface area contributed by atoms with Gasteiger partial charge < -0.3 is 9.72 Å². The molecule has 2 aromatic carbocycles. The molecule has 0 amide bonds. The van der Waals surface area contributed by atoms with Crippen LogP contribution in [-0.2, 0) is 4.74 Å². The first-order valence-corrected chi connectivity index (χ1v) is 7.73. The Morgan fingerprint density at radius 2 is 1.92 bits per heavy atom. The fourth-order valence-electron chi connectivity index (χ4n) is 2.76. The van der Waals surface area contributed by atoms with Gasteiger partial charge in [0.05, 0.1) is 23.7 Å². The van der Waals surface area contributed by atoms with E-state index in [1.54, 1.807) is 18.2 Å². The molecule has 0 bridgehead atoms. The molecule has 25 heavy (non-hydrogen) atoms. The molecular formula is C18H15N5O2. The van der Waals surface area contributed by atoms with Gasteiger partial charge in [-0.05, 0) is 37.3 Å². The number of benzene rings is 2. The van der Waals surface area contributed by atoms with E-state index in [2.05, 4.69) is 20.2 Å². The van der Waals surface area contributed by atoms with Crippen molar-refractivity contribution in [2.75, 3.05) is 7.11 Å². The number of aromatic nitrogens is 5. The highest BCUT2D eigenvalue weighted by Gasteiger charge is 2.17. The molecule has 0 saturated heterocycles. The Morgan fingerprint density at radius 3 is 2.68 bits per heavy atom. The van der Waals surface area contributed by atoms with E-state index >= 15 is 0 Å². The summed E-state index contributed by atoms with van der Waals surface area (Å²) in [5.41, 5.74) is 2.89. The molecule has 7 nitrogen and oxygen atoms in total. The number of H-pyrrole nitrogens is 1. The van der Waals surface area contributed by atoms with Crippen molar-refractivity contribution >= 4 is 17.0 Å². The second kappa shape index (κ2) is 5.86. The van der Waals surface area contributed by atoms with E-state index in [1.807, 2.05) is 41.8 Å². The Bertz CT molecular complexity index is 1070. The van der Waals surface area contributed by atoms with Crippen LogP contribution in [-0.4, -0.2) is 37.8 Å². The van der Waals surface area contributed by atoms with Crippen LogP contribution in [0.5, 0.6) is 0 Å². The zero-order valence-electron chi connectivity index (χ0n) is 13.7. The predicted molar refractivity (Wildman–Crippen MR) is 92.5 cm³/mol. The fraction of sp³-hybridized carbons (Fsp3) is 0.111. The number of esters is 1. The van der Waals surface area contributed by atoms with Crippen LogP contribution in [0.4, 0.5) is 0 Å². The van der Waals surface area contributed by atoms with Crippen LogP contribution in [0.15, 0.2) is 48.5 Å². The molecule has 4 aromatic rings. The Kier molecular flexibility index (Phi) is 3.53. The van der Waals surface area contributed by atoms with Crippen molar-refractivity contribution in [3.05, 3.63) is 59.9 Å². The van der Waals surface area contributed by atoms with Crippen molar-refractivity contribution in [2.24, 2.45) is 0 Å². The molecule has 4 rings (SSSR count). The van der Waals surface area contributed by atoms with Crippen molar-refractivity contribution in [1.29, 1.82) is 0 Å². The highest BCUT2D eigenvalue weighted by Crippen LogP contribution is 2.23. The average molecular weight is 333 g/mol. The number of fused-ring (bicyclic) bond motifs is 1. The maximum atomic E-state index is 11.7. The molecule has 0 atom stereocenters. The molecule has 0 unspecified atom stereocenters. The third-order valence-corrected chi connectivity index (χ3v) is 3.95. The SMILES string of the molecule is COC(=O)c1ccc2nc(-c3nnc(C)n3-c3ccccc3)[nH]c2c1. The number of hydrogen-bond acceptors (Lipinski definition) is 5. The van der Waals surface area contributed by atoms with Crippen LogP contribution in [0.3, 0.4) is 0 Å². The van der Waals surface area contributed by atoms with Crippen LogP contribution in [0.25, 0.3) is 28.4 Å². The summed E-state index contributed by atoms with van der Waals surface area (Å²) >= 11 is 0. The molecule has 2 aromatic heterocycles. The van der Waals surface area contributed by atoms with Gasteiger partial charge in [-0.1, -0.05) is 18.2 Å². The topological polar surface area (TPSA) is 85.7 Å². The monoisotopic (exact) mass is 333 g/mol. The summed E-state index contributed by atoms with van der Waals surface area (Å²) in [4.78, 5) is 19.5. The van der Waals surface area contributed by atoms with Gasteiger partial charge in [-0.3, -0.25) is 4.57 Å². The molecule has 0 aliphatic rings. The number of ether oxygens (including phenoxy) is 1. The third-order valence-electron chi connectivity index (χ3n) is 3.95. The zero-order chi connectivity index (χ0) is 17.4. The zero-order valence-corrected chi connectivity index (χ0v) is 13.7. The maximum absolute atomic E-state index is 11.7. The quantitative estimate of drug-likeness (QED) is 0.583. The number of carbonyl (C=O) groups excluding carboxylic acids is 1. The number of nitrogens with zero attached hydrogens (tertiary/aromatic N) is 4. The molecule has 0 saturated carbocycles. The fourth-order valence-corrected chi connectivity index (χ4v) is 2.76. The first-order chi connectivity index (χ1) is 12.2. The van der Waals surface area contributed by atoms with E-state index in [-0.39, 0.29) is 5.97 Å². The molecule has 0 radical (unpaired) electrons. The summed E-state index contributed by atoms with van der Waals surface area (Å²) in [5, 5.41) is 8.44. The summed E-state index contributed by atoms with van der Waals surface area (Å²) in [6.45, 7) is 1.89. The number of aryl methyl sites for hydroxylation is 1. The van der Waals surface area contributed by atoms with Gasteiger partial charge in [0.2, 0.25) is 5.82 Å². The van der Waals surface area contributed by atoms with Crippen molar-refractivity contribution < 1.29 is 9.53 Å². The van der Waals surface area contributed by atoms with E-state index in [4.69, 9.17) is 4.74 Å². The van der Waals surface area contributed by atoms with Gasteiger partial charge in [-0.15, -0.1) is 10.2 Å². The summed E-state index contributed by atoms with van der Waals surface area (Å²) < 4.78 is 6.69. The molecule has 0 spiro atoms. The molecule has 1 N–H and O–H groups in total. The molecule has 2 heterocycles. The standard InChI is InChI=1S/C18H15N5O2/c1-11-21-22-17(23(11)13-6-4-3-5-7-13)16-19-14-9-8-12(18(24)25-2)10-15(14)20-16/h3-10H,1-2H3,(H,19,20). The molecule has 0 aliphatic carbocycles. The molecule has 7 heteroatoms. The summed E-state index contributed by atoms with van der Waals surface area (Å²) in [6.07, 6.45) is 0.